The van der Waals surface area contributed by atoms with Crippen molar-refractivity contribution >= 4 is 11.6 Å². The third kappa shape index (κ3) is 2.24. The average molecular weight is 401 g/mol. The van der Waals surface area contributed by atoms with Gasteiger partial charge >= 0.3 is 0 Å². The lowest BCUT2D eigenvalue weighted by atomic mass is 9.40. The van der Waals surface area contributed by atoms with E-state index < -0.39 is 5.60 Å². The molecule has 29 heavy (non-hydrogen) atoms. The molecule has 0 saturated heterocycles. The van der Waals surface area contributed by atoms with Crippen LogP contribution >= 0.6 is 0 Å². The van der Waals surface area contributed by atoms with Crippen molar-refractivity contribution in [2.24, 2.45) is 45.8 Å². The summed E-state index contributed by atoms with van der Waals surface area (Å²) in [7, 11) is 0. The highest BCUT2D eigenvalue weighted by Gasteiger charge is 2.71. The van der Waals surface area contributed by atoms with Gasteiger partial charge in [0.25, 0.3) is 0 Å². The lowest BCUT2D eigenvalue weighted by Crippen LogP contribution is -2.66. The van der Waals surface area contributed by atoms with Crippen LogP contribution < -0.4 is 0 Å². The third-order valence-corrected chi connectivity index (χ3v) is 11.7. The molecule has 0 aromatic rings. The summed E-state index contributed by atoms with van der Waals surface area (Å²) in [6.07, 6.45) is 11.2. The van der Waals surface area contributed by atoms with Gasteiger partial charge in [-0.1, -0.05) is 33.6 Å². The van der Waals surface area contributed by atoms with Gasteiger partial charge < -0.3 is 5.11 Å². The first kappa shape index (κ1) is 20.2. The molecule has 9 atom stereocenters. The molecule has 162 valence electrons. The van der Waals surface area contributed by atoms with Gasteiger partial charge in [-0.25, -0.2) is 0 Å². The van der Waals surface area contributed by atoms with Gasteiger partial charge in [0.15, 0.2) is 0 Å². The van der Waals surface area contributed by atoms with Gasteiger partial charge in [0.1, 0.15) is 11.6 Å². The van der Waals surface area contributed by atoms with E-state index >= 15 is 0 Å². The summed E-state index contributed by atoms with van der Waals surface area (Å²) < 4.78 is 0. The zero-order valence-electron chi connectivity index (χ0n) is 18.9. The normalized spacial score (nSPS) is 56.7. The Balaban J connectivity index is 1.56. The number of carbonyl (C=O) groups is 2. The molecule has 5 aliphatic rings. The van der Waals surface area contributed by atoms with Gasteiger partial charge in [-0.2, -0.15) is 0 Å². The van der Waals surface area contributed by atoms with Gasteiger partial charge in [-0.3, -0.25) is 9.59 Å². The van der Waals surface area contributed by atoms with E-state index in [1.807, 2.05) is 6.92 Å². The van der Waals surface area contributed by atoms with Crippen LogP contribution in [-0.2, 0) is 9.59 Å². The quantitative estimate of drug-likeness (QED) is 0.647. The Kier molecular flexibility index (Phi) is 4.30. The molecule has 0 unspecified atom stereocenters. The smallest absolute Gasteiger partial charge is 0.136 e. The Morgan fingerprint density at radius 3 is 2.48 bits per heavy atom. The topological polar surface area (TPSA) is 54.4 Å². The van der Waals surface area contributed by atoms with Crippen LogP contribution in [0.2, 0.25) is 0 Å². The van der Waals surface area contributed by atoms with Crippen LogP contribution in [0.4, 0.5) is 0 Å². The maximum Gasteiger partial charge on any atom is 0.136 e. The zero-order chi connectivity index (χ0) is 20.8. The number of fused-ring (bicyclic) bond motifs is 7. The first-order valence-electron chi connectivity index (χ1n) is 12.4. The Hall–Kier alpha value is -0.700. The van der Waals surface area contributed by atoms with Crippen molar-refractivity contribution in [3.05, 3.63) is 0 Å². The lowest BCUT2D eigenvalue weighted by Gasteiger charge is -2.66. The van der Waals surface area contributed by atoms with Crippen LogP contribution in [0.1, 0.15) is 98.3 Å². The van der Waals surface area contributed by atoms with E-state index in [0.717, 1.165) is 32.1 Å². The molecule has 3 heteroatoms. The van der Waals surface area contributed by atoms with Crippen molar-refractivity contribution in [1.82, 2.24) is 0 Å². The van der Waals surface area contributed by atoms with Crippen LogP contribution in [0.25, 0.3) is 0 Å². The first-order valence-corrected chi connectivity index (χ1v) is 12.4. The molecule has 0 radical (unpaired) electrons. The van der Waals surface area contributed by atoms with Crippen LogP contribution in [0, 0.1) is 45.8 Å². The number of aliphatic hydroxyl groups is 1. The molecule has 0 bridgehead atoms. The molecular weight excluding hydrogens is 360 g/mol. The van der Waals surface area contributed by atoms with E-state index in [0.29, 0.717) is 42.3 Å². The minimum atomic E-state index is -0.832. The number of hydrogen-bond acceptors (Lipinski definition) is 3. The van der Waals surface area contributed by atoms with Crippen LogP contribution in [0.5, 0.6) is 0 Å². The second-order valence-electron chi connectivity index (χ2n) is 12.2. The molecule has 5 fully saturated rings. The van der Waals surface area contributed by atoms with Crippen LogP contribution in [-0.4, -0.2) is 22.3 Å². The highest BCUT2D eigenvalue weighted by atomic mass is 16.3. The molecule has 0 aromatic heterocycles. The zero-order valence-corrected chi connectivity index (χ0v) is 18.9. The molecule has 3 nitrogen and oxygen atoms in total. The number of Topliss-reactive ketones (excluding diaryl/α,β-unsaturated/α-hetero) is 2. The monoisotopic (exact) mass is 400 g/mol. The molecule has 0 aromatic carbocycles. The van der Waals surface area contributed by atoms with Crippen LogP contribution in [0.15, 0.2) is 0 Å². The number of carbonyl (C=O) groups excluding carboxylic acids is 2. The Morgan fingerprint density at radius 1 is 1.00 bits per heavy atom. The second kappa shape index (κ2) is 6.17. The predicted molar refractivity (Wildman–Crippen MR) is 113 cm³/mol. The van der Waals surface area contributed by atoms with Crippen molar-refractivity contribution in [3.63, 3.8) is 0 Å². The van der Waals surface area contributed by atoms with E-state index in [1.165, 1.54) is 25.7 Å². The number of ketones is 2. The van der Waals surface area contributed by atoms with E-state index in [-0.39, 0.29) is 27.9 Å². The SMILES string of the molecule is CC(=O)[C@]12CCCC[C@H]1C[C@@H]1[C@H]3C[C@H](C)[C@@]4(O)CC(=O)CC[C@]4(C)[C@@H]3CC[C@]12C. The molecule has 0 aliphatic heterocycles. The van der Waals surface area contributed by atoms with E-state index in [4.69, 9.17) is 0 Å². The van der Waals surface area contributed by atoms with Crippen molar-refractivity contribution < 1.29 is 14.7 Å². The van der Waals surface area contributed by atoms with E-state index in [9.17, 15) is 14.7 Å². The largest absolute Gasteiger partial charge is 0.389 e. The highest BCUT2D eigenvalue weighted by Crippen LogP contribution is 2.75. The van der Waals surface area contributed by atoms with Gasteiger partial charge in [0.05, 0.1) is 5.60 Å². The molecule has 0 spiro atoms. The molecular formula is C26H40O3. The molecule has 1 N–H and O–H groups in total. The standard InChI is InChI=1S/C26H40O3/c1-16-13-20-21(24(4)11-8-19(28)15-26(16,24)29)9-12-23(3)22(20)14-18-7-5-6-10-25(18,23)17(2)27/h16,18,20-22,29H,5-15H2,1-4H3/t16-,18-,20-,21+,22+,23+,24+,25+,26-/m0/s1. The van der Waals surface area contributed by atoms with E-state index in [2.05, 4.69) is 20.8 Å². The average Bonchev–Trinajstić information content (AvgIpc) is 2.95. The molecule has 0 heterocycles. The van der Waals surface area contributed by atoms with E-state index in [1.54, 1.807) is 0 Å². The second-order valence-corrected chi connectivity index (χ2v) is 12.2. The Bertz CT molecular complexity index is 744. The summed E-state index contributed by atoms with van der Waals surface area (Å²) >= 11 is 0. The maximum atomic E-state index is 13.2. The highest BCUT2D eigenvalue weighted by molar-refractivity contribution is 5.84. The van der Waals surface area contributed by atoms with Crippen molar-refractivity contribution in [3.8, 4) is 0 Å². The lowest BCUT2D eigenvalue weighted by molar-refractivity contribution is -0.230. The van der Waals surface area contributed by atoms with Crippen molar-refractivity contribution in [1.29, 1.82) is 0 Å². The Labute approximate surface area is 176 Å². The number of hydrogen-bond donors (Lipinski definition) is 1. The Morgan fingerprint density at radius 2 is 1.76 bits per heavy atom. The summed E-state index contributed by atoms with van der Waals surface area (Å²) in [5.41, 5.74) is -0.953. The summed E-state index contributed by atoms with van der Waals surface area (Å²) in [5, 5.41) is 11.8. The molecule has 5 rings (SSSR count). The van der Waals surface area contributed by atoms with Gasteiger partial charge in [-0.15, -0.1) is 0 Å². The third-order valence-electron chi connectivity index (χ3n) is 11.7. The van der Waals surface area contributed by atoms with Crippen molar-refractivity contribution in [2.75, 3.05) is 0 Å². The molecule has 5 aliphatic carbocycles. The van der Waals surface area contributed by atoms with Crippen LogP contribution in [0.3, 0.4) is 0 Å². The molecule has 0 amide bonds. The molecule has 5 saturated carbocycles. The summed E-state index contributed by atoms with van der Waals surface area (Å²) in [6.45, 7) is 8.85. The van der Waals surface area contributed by atoms with Gasteiger partial charge in [0, 0.05) is 23.7 Å². The summed E-state index contributed by atoms with van der Waals surface area (Å²) in [5.74, 6) is 3.15. The minimum Gasteiger partial charge on any atom is -0.389 e. The summed E-state index contributed by atoms with van der Waals surface area (Å²) in [6, 6.07) is 0. The number of rotatable bonds is 1. The van der Waals surface area contributed by atoms with Crippen molar-refractivity contribution in [2.45, 2.75) is 104 Å². The minimum absolute atomic E-state index is 0.0959. The summed E-state index contributed by atoms with van der Waals surface area (Å²) in [4.78, 5) is 25.5. The van der Waals surface area contributed by atoms with Gasteiger partial charge in [-0.05, 0) is 86.9 Å². The van der Waals surface area contributed by atoms with Gasteiger partial charge in [0.2, 0.25) is 0 Å². The fourth-order valence-corrected chi connectivity index (χ4v) is 10.3. The fraction of sp³-hybridized carbons (Fsp3) is 0.923. The predicted octanol–water partition coefficient (Wildman–Crippen LogP) is 5.33. The maximum absolute atomic E-state index is 13.2. The fourth-order valence-electron chi connectivity index (χ4n) is 10.3. The first-order chi connectivity index (χ1) is 13.6.